The van der Waals surface area contributed by atoms with Gasteiger partial charge >= 0.3 is 6.03 Å². The highest BCUT2D eigenvalue weighted by atomic mass is 35.5. The first-order valence-electron chi connectivity index (χ1n) is 8.20. The van der Waals surface area contributed by atoms with E-state index in [0.717, 1.165) is 10.9 Å². The van der Waals surface area contributed by atoms with E-state index >= 15 is 0 Å². The molecule has 134 valence electrons. The third-order valence-electron chi connectivity index (χ3n) is 3.98. The molecular formula is C19H19ClN4O2. The van der Waals surface area contributed by atoms with Gasteiger partial charge in [-0.2, -0.15) is 0 Å². The number of fused-ring (bicyclic) bond motifs is 1. The van der Waals surface area contributed by atoms with E-state index in [1.54, 1.807) is 35.9 Å². The van der Waals surface area contributed by atoms with Gasteiger partial charge < -0.3 is 20.5 Å². The van der Waals surface area contributed by atoms with Crippen molar-refractivity contribution in [1.82, 2.24) is 9.88 Å². The molecule has 7 heteroatoms. The Bertz CT molecular complexity index is 942. The molecule has 0 saturated carbocycles. The molecule has 0 aliphatic rings. The number of amides is 3. The maximum absolute atomic E-state index is 12.7. The van der Waals surface area contributed by atoms with Gasteiger partial charge in [0.05, 0.1) is 5.02 Å². The first-order chi connectivity index (χ1) is 12.5. The summed E-state index contributed by atoms with van der Waals surface area (Å²) in [5, 5.41) is 9.43. The van der Waals surface area contributed by atoms with Gasteiger partial charge in [-0.3, -0.25) is 4.79 Å². The molecule has 0 saturated heterocycles. The van der Waals surface area contributed by atoms with E-state index in [9.17, 15) is 9.59 Å². The normalized spacial score (nSPS) is 10.6. The number of aryl methyl sites for hydroxylation is 1. The fourth-order valence-electron chi connectivity index (χ4n) is 2.80. The average molecular weight is 371 g/mol. The smallest absolute Gasteiger partial charge is 0.319 e. The molecule has 1 heterocycles. The Morgan fingerprint density at radius 2 is 1.73 bits per heavy atom. The summed E-state index contributed by atoms with van der Waals surface area (Å²) >= 11 is 6.41. The number of anilines is 2. The van der Waals surface area contributed by atoms with Crippen LogP contribution in [-0.4, -0.2) is 23.1 Å². The van der Waals surface area contributed by atoms with Crippen LogP contribution in [0.2, 0.25) is 5.02 Å². The standard InChI is InChI=1S/C19H19ClN4O2/c1-3-21-19(26)23-13-8-6-7-12(11-13)22-18(25)17-16(20)14-9-4-5-10-15(14)24(17)2/h4-11H,3H2,1-2H3,(H,22,25)(H2,21,23,26). The Morgan fingerprint density at radius 3 is 2.42 bits per heavy atom. The van der Waals surface area contributed by atoms with E-state index in [2.05, 4.69) is 16.0 Å². The maximum Gasteiger partial charge on any atom is 0.319 e. The molecule has 0 aliphatic carbocycles. The van der Waals surface area contributed by atoms with Gasteiger partial charge in [-0.15, -0.1) is 0 Å². The lowest BCUT2D eigenvalue weighted by Gasteiger charge is -2.10. The highest BCUT2D eigenvalue weighted by Gasteiger charge is 2.19. The maximum atomic E-state index is 12.7. The summed E-state index contributed by atoms with van der Waals surface area (Å²) in [4.78, 5) is 24.4. The molecule has 0 radical (unpaired) electrons. The number of urea groups is 1. The number of benzene rings is 2. The van der Waals surface area contributed by atoms with Crippen molar-refractivity contribution in [2.75, 3.05) is 17.2 Å². The number of aromatic nitrogens is 1. The van der Waals surface area contributed by atoms with Crippen molar-refractivity contribution in [3.63, 3.8) is 0 Å². The Kier molecular flexibility index (Phi) is 5.14. The van der Waals surface area contributed by atoms with Crippen LogP contribution in [-0.2, 0) is 7.05 Å². The molecule has 3 rings (SSSR count). The Labute approximate surface area is 156 Å². The summed E-state index contributed by atoms with van der Waals surface area (Å²) in [5.41, 5.74) is 2.41. The molecule has 0 atom stereocenters. The molecule has 3 amide bonds. The lowest BCUT2D eigenvalue weighted by molar-refractivity contribution is 0.102. The number of hydrogen-bond donors (Lipinski definition) is 3. The molecule has 2 aromatic carbocycles. The van der Waals surface area contributed by atoms with E-state index in [-0.39, 0.29) is 11.9 Å². The predicted molar refractivity (Wildman–Crippen MR) is 105 cm³/mol. The van der Waals surface area contributed by atoms with Gasteiger partial charge in [-0.25, -0.2) is 4.79 Å². The molecular weight excluding hydrogens is 352 g/mol. The Morgan fingerprint density at radius 1 is 1.04 bits per heavy atom. The van der Waals surface area contributed by atoms with Crippen molar-refractivity contribution in [2.45, 2.75) is 6.92 Å². The third kappa shape index (κ3) is 3.50. The zero-order chi connectivity index (χ0) is 18.7. The first-order valence-corrected chi connectivity index (χ1v) is 8.58. The lowest BCUT2D eigenvalue weighted by atomic mass is 10.2. The van der Waals surface area contributed by atoms with Crippen LogP contribution in [0.25, 0.3) is 10.9 Å². The molecule has 0 bridgehead atoms. The minimum atomic E-state index is -0.316. The van der Waals surface area contributed by atoms with Crippen LogP contribution in [0, 0.1) is 0 Å². The van der Waals surface area contributed by atoms with Gasteiger partial charge in [0.25, 0.3) is 5.91 Å². The summed E-state index contributed by atoms with van der Waals surface area (Å²) < 4.78 is 1.77. The van der Waals surface area contributed by atoms with Gasteiger partial charge in [0, 0.05) is 35.9 Å². The van der Waals surface area contributed by atoms with E-state index < -0.39 is 0 Å². The summed E-state index contributed by atoms with van der Waals surface area (Å²) in [6, 6.07) is 14.2. The fourth-order valence-corrected chi connectivity index (χ4v) is 3.17. The number of para-hydroxylation sites is 1. The summed E-state index contributed by atoms with van der Waals surface area (Å²) in [6.07, 6.45) is 0. The Balaban J connectivity index is 1.84. The largest absolute Gasteiger partial charge is 0.338 e. The molecule has 6 nitrogen and oxygen atoms in total. The highest BCUT2D eigenvalue weighted by molar-refractivity contribution is 6.39. The molecule has 0 aliphatic heterocycles. The van der Waals surface area contributed by atoms with Crippen LogP contribution < -0.4 is 16.0 Å². The molecule has 3 aromatic rings. The van der Waals surface area contributed by atoms with Crippen molar-refractivity contribution in [2.24, 2.45) is 7.05 Å². The lowest BCUT2D eigenvalue weighted by Crippen LogP contribution is -2.28. The van der Waals surface area contributed by atoms with Gasteiger partial charge in [0.1, 0.15) is 5.69 Å². The van der Waals surface area contributed by atoms with Crippen LogP contribution in [0.5, 0.6) is 0 Å². The molecule has 0 spiro atoms. The second-order valence-electron chi connectivity index (χ2n) is 5.76. The summed E-state index contributed by atoms with van der Waals surface area (Å²) in [5.74, 6) is -0.316. The molecule has 26 heavy (non-hydrogen) atoms. The van der Waals surface area contributed by atoms with Crippen molar-refractivity contribution in [3.8, 4) is 0 Å². The number of carbonyl (C=O) groups excluding carboxylic acids is 2. The van der Waals surface area contributed by atoms with Gasteiger partial charge in [0.2, 0.25) is 0 Å². The second kappa shape index (κ2) is 7.49. The topological polar surface area (TPSA) is 75.2 Å². The van der Waals surface area contributed by atoms with Crippen LogP contribution >= 0.6 is 11.6 Å². The highest BCUT2D eigenvalue weighted by Crippen LogP contribution is 2.30. The monoisotopic (exact) mass is 370 g/mol. The van der Waals surface area contributed by atoms with Crippen molar-refractivity contribution >= 4 is 45.8 Å². The molecule has 1 aromatic heterocycles. The van der Waals surface area contributed by atoms with Gasteiger partial charge in [0.15, 0.2) is 0 Å². The average Bonchev–Trinajstić information content (AvgIpc) is 2.87. The van der Waals surface area contributed by atoms with Crippen LogP contribution in [0.3, 0.4) is 0 Å². The third-order valence-corrected chi connectivity index (χ3v) is 4.36. The number of nitrogens with one attached hydrogen (secondary N) is 3. The minimum Gasteiger partial charge on any atom is -0.338 e. The van der Waals surface area contributed by atoms with Gasteiger partial charge in [-0.05, 0) is 31.2 Å². The number of hydrogen-bond acceptors (Lipinski definition) is 2. The zero-order valence-electron chi connectivity index (χ0n) is 14.5. The van der Waals surface area contributed by atoms with E-state index in [0.29, 0.717) is 28.6 Å². The van der Waals surface area contributed by atoms with Gasteiger partial charge in [-0.1, -0.05) is 35.9 Å². The van der Waals surface area contributed by atoms with E-state index in [1.807, 2.05) is 31.2 Å². The summed E-state index contributed by atoms with van der Waals surface area (Å²) in [6.45, 7) is 2.37. The summed E-state index contributed by atoms with van der Waals surface area (Å²) in [7, 11) is 1.80. The fraction of sp³-hybridized carbons (Fsp3) is 0.158. The first kappa shape index (κ1) is 17.8. The zero-order valence-corrected chi connectivity index (χ0v) is 15.2. The number of halogens is 1. The SMILES string of the molecule is CCNC(=O)Nc1cccc(NC(=O)c2c(Cl)c3ccccc3n2C)c1. The number of nitrogens with zero attached hydrogens (tertiary/aromatic N) is 1. The van der Waals surface area contributed by atoms with Crippen molar-refractivity contribution in [1.29, 1.82) is 0 Å². The van der Waals surface area contributed by atoms with Crippen molar-refractivity contribution < 1.29 is 9.59 Å². The predicted octanol–water partition coefficient (Wildman–Crippen LogP) is 4.23. The molecule has 3 N–H and O–H groups in total. The molecule has 0 unspecified atom stereocenters. The van der Waals surface area contributed by atoms with Crippen LogP contribution in [0.1, 0.15) is 17.4 Å². The quantitative estimate of drug-likeness (QED) is 0.643. The van der Waals surface area contributed by atoms with Crippen LogP contribution in [0.4, 0.5) is 16.2 Å². The van der Waals surface area contributed by atoms with E-state index in [4.69, 9.17) is 11.6 Å². The molecule has 0 fully saturated rings. The van der Waals surface area contributed by atoms with Crippen molar-refractivity contribution in [3.05, 3.63) is 59.2 Å². The van der Waals surface area contributed by atoms with Crippen LogP contribution in [0.15, 0.2) is 48.5 Å². The minimum absolute atomic E-state index is 0.298. The van der Waals surface area contributed by atoms with E-state index in [1.165, 1.54) is 0 Å². The second-order valence-corrected chi connectivity index (χ2v) is 6.14. The number of carbonyl (C=O) groups is 2. The number of rotatable bonds is 4. The Hall–Kier alpha value is -2.99.